The third-order valence-electron chi connectivity index (χ3n) is 3.89. The third kappa shape index (κ3) is 4.64. The number of likely N-dealkylation sites (N-methyl/N-ethyl adjacent to an activating group) is 1. The Morgan fingerprint density at radius 3 is 2.17 bits per heavy atom. The molecule has 2 nitrogen and oxygen atoms in total. The molecule has 0 aromatic heterocycles. The molecule has 3 N–H and O–H groups in total. The molecule has 0 spiro atoms. The largest absolute Gasteiger partial charge is 0.397 e. The van der Waals surface area contributed by atoms with Gasteiger partial charge in [-0.25, -0.2) is 0 Å². The smallest absolute Gasteiger partial charge is 0.0653 e. The van der Waals surface area contributed by atoms with E-state index in [9.17, 15) is 0 Å². The Labute approximate surface area is 148 Å². The minimum Gasteiger partial charge on any atom is -0.397 e. The summed E-state index contributed by atoms with van der Waals surface area (Å²) in [6, 6.07) is 8.31. The second kappa shape index (κ2) is 11.3. The molecule has 0 saturated heterocycles. The molecule has 0 fully saturated rings. The third-order valence-corrected chi connectivity index (χ3v) is 3.89. The number of nitrogens with two attached hydrogens (primary N) is 1. The van der Waals surface area contributed by atoms with Crippen LogP contribution in [0.1, 0.15) is 45.7 Å². The van der Waals surface area contributed by atoms with Crippen molar-refractivity contribution in [2.75, 3.05) is 7.05 Å². The van der Waals surface area contributed by atoms with E-state index in [1.807, 2.05) is 53.0 Å². The van der Waals surface area contributed by atoms with Crippen LogP contribution in [0, 0.1) is 5.92 Å². The summed E-state index contributed by atoms with van der Waals surface area (Å²) in [4.78, 5) is 0. The minimum atomic E-state index is 0.373. The molecule has 2 rings (SSSR count). The lowest BCUT2D eigenvalue weighted by Crippen LogP contribution is -2.20. The zero-order valence-corrected chi connectivity index (χ0v) is 16.2. The number of allylic oxidation sites excluding steroid dienone is 3. The van der Waals surface area contributed by atoms with Gasteiger partial charge in [0.15, 0.2) is 0 Å². The fourth-order valence-corrected chi connectivity index (χ4v) is 2.89. The van der Waals surface area contributed by atoms with Crippen molar-refractivity contribution in [2.24, 2.45) is 11.7 Å². The first kappa shape index (κ1) is 21.8. The molecule has 0 amide bonds. The van der Waals surface area contributed by atoms with E-state index < -0.39 is 0 Å². The van der Waals surface area contributed by atoms with Crippen LogP contribution in [0.2, 0.25) is 0 Å². The van der Waals surface area contributed by atoms with E-state index in [2.05, 4.69) is 43.6 Å². The van der Waals surface area contributed by atoms with Gasteiger partial charge in [-0.15, -0.1) is 0 Å². The maximum atomic E-state index is 6.40. The number of hydrogen-bond acceptors (Lipinski definition) is 2. The molecule has 1 unspecified atom stereocenters. The van der Waals surface area contributed by atoms with E-state index in [0.29, 0.717) is 5.92 Å². The quantitative estimate of drug-likeness (QED) is 0.775. The van der Waals surface area contributed by atoms with Gasteiger partial charge in [0.25, 0.3) is 0 Å². The van der Waals surface area contributed by atoms with Gasteiger partial charge in [-0.3, -0.25) is 0 Å². The Morgan fingerprint density at radius 2 is 1.67 bits per heavy atom. The highest BCUT2D eigenvalue weighted by atomic mass is 14.9. The van der Waals surface area contributed by atoms with Crippen molar-refractivity contribution < 1.29 is 0 Å². The maximum absolute atomic E-state index is 6.40. The summed E-state index contributed by atoms with van der Waals surface area (Å²) < 4.78 is 0. The second-order valence-electron chi connectivity index (χ2n) is 5.08. The molecule has 1 aliphatic rings. The lowest BCUT2D eigenvalue weighted by Gasteiger charge is -2.25. The van der Waals surface area contributed by atoms with Crippen molar-refractivity contribution in [2.45, 2.75) is 41.0 Å². The second-order valence-corrected chi connectivity index (χ2v) is 5.08. The first-order valence-corrected chi connectivity index (χ1v) is 8.89. The first-order chi connectivity index (χ1) is 11.6. The van der Waals surface area contributed by atoms with Crippen molar-refractivity contribution in [1.29, 1.82) is 0 Å². The number of benzene rings is 1. The summed E-state index contributed by atoms with van der Waals surface area (Å²) >= 11 is 0. The van der Waals surface area contributed by atoms with Crippen LogP contribution in [0.15, 0.2) is 66.4 Å². The fraction of sp³-hybridized carbons (Fsp3) is 0.364. The van der Waals surface area contributed by atoms with Crippen molar-refractivity contribution in [3.8, 4) is 0 Å². The van der Waals surface area contributed by atoms with Gasteiger partial charge < -0.3 is 11.1 Å². The van der Waals surface area contributed by atoms with Crippen molar-refractivity contribution in [3.05, 3.63) is 77.5 Å². The predicted molar refractivity (Wildman–Crippen MR) is 110 cm³/mol. The van der Waals surface area contributed by atoms with Crippen molar-refractivity contribution in [3.63, 3.8) is 0 Å². The standard InChI is InChI=1S/C18H22N2.2C2H6/c1-5-14-12(3)11-13-9-7-8-10-16(13)17(19)18(20-4)15(14)6-2;2*1-2/h5-10,12,20H,1-2,11,19H2,3-4H3;2*1-2H3/b15-14-,18-17-;;. The molecule has 2 heteroatoms. The Balaban J connectivity index is 0.00000123. The highest BCUT2D eigenvalue weighted by molar-refractivity contribution is 5.74. The van der Waals surface area contributed by atoms with Gasteiger partial charge in [0.1, 0.15) is 0 Å². The Morgan fingerprint density at radius 1 is 1.08 bits per heavy atom. The molecule has 0 bridgehead atoms. The zero-order valence-electron chi connectivity index (χ0n) is 16.2. The van der Waals surface area contributed by atoms with E-state index >= 15 is 0 Å². The molecule has 1 aliphatic carbocycles. The summed E-state index contributed by atoms with van der Waals surface area (Å²) in [5, 5.41) is 3.23. The Kier molecular flexibility index (Phi) is 10.3. The first-order valence-electron chi connectivity index (χ1n) is 8.89. The van der Waals surface area contributed by atoms with E-state index in [-0.39, 0.29) is 0 Å². The highest BCUT2D eigenvalue weighted by Gasteiger charge is 2.21. The van der Waals surface area contributed by atoms with Crippen LogP contribution < -0.4 is 11.1 Å². The van der Waals surface area contributed by atoms with Gasteiger partial charge >= 0.3 is 0 Å². The summed E-state index contributed by atoms with van der Waals surface area (Å²) in [6.07, 6.45) is 4.73. The van der Waals surface area contributed by atoms with E-state index in [4.69, 9.17) is 5.73 Å². The molecule has 1 atom stereocenters. The molecule has 0 aliphatic heterocycles. The summed E-state index contributed by atoms with van der Waals surface area (Å²) in [7, 11) is 1.89. The van der Waals surface area contributed by atoms with E-state index in [1.165, 1.54) is 11.1 Å². The molecule has 0 saturated carbocycles. The average Bonchev–Trinajstić information content (AvgIpc) is 2.64. The molecule has 1 aromatic carbocycles. The Hall–Kier alpha value is -2.22. The normalized spacial score (nSPS) is 22.3. The topological polar surface area (TPSA) is 38.0 Å². The molecule has 132 valence electrons. The molecule has 1 aromatic rings. The van der Waals surface area contributed by atoms with Crippen LogP contribution in [0.25, 0.3) is 5.70 Å². The monoisotopic (exact) mass is 326 g/mol. The summed E-state index contributed by atoms with van der Waals surface area (Å²) in [5.74, 6) is 0.373. The van der Waals surface area contributed by atoms with Crippen LogP contribution in [0.3, 0.4) is 0 Å². The Bertz CT molecular complexity index is 606. The van der Waals surface area contributed by atoms with Gasteiger partial charge in [0, 0.05) is 18.2 Å². The van der Waals surface area contributed by atoms with Crippen LogP contribution in [-0.2, 0) is 6.42 Å². The molecule has 0 heterocycles. The van der Waals surface area contributed by atoms with Crippen LogP contribution in [0.4, 0.5) is 0 Å². The van der Waals surface area contributed by atoms with Gasteiger partial charge in [0.05, 0.1) is 11.4 Å². The lowest BCUT2D eigenvalue weighted by molar-refractivity contribution is 0.684. The molecular weight excluding hydrogens is 292 g/mol. The number of rotatable bonds is 3. The van der Waals surface area contributed by atoms with Crippen LogP contribution in [-0.4, -0.2) is 7.05 Å². The zero-order chi connectivity index (χ0) is 18.7. The van der Waals surface area contributed by atoms with Crippen molar-refractivity contribution in [1.82, 2.24) is 5.32 Å². The van der Waals surface area contributed by atoms with Gasteiger partial charge in [0.2, 0.25) is 0 Å². The maximum Gasteiger partial charge on any atom is 0.0653 e. The SMILES string of the molecule is C=CC1=C(\C=C)C(C)Cc2ccccc2/C(N)=C\1NC.CC.CC. The summed E-state index contributed by atoms with van der Waals surface area (Å²) in [5.41, 5.74) is 12.7. The molecule has 0 radical (unpaired) electrons. The number of hydrogen-bond donors (Lipinski definition) is 2. The summed E-state index contributed by atoms with van der Waals surface area (Å²) in [6.45, 7) is 18.1. The van der Waals surface area contributed by atoms with Gasteiger partial charge in [-0.2, -0.15) is 0 Å². The number of nitrogens with one attached hydrogen (secondary N) is 1. The predicted octanol–water partition coefficient (Wildman–Crippen LogP) is 5.45. The molecule has 24 heavy (non-hydrogen) atoms. The van der Waals surface area contributed by atoms with Crippen LogP contribution >= 0.6 is 0 Å². The average molecular weight is 327 g/mol. The fourth-order valence-electron chi connectivity index (χ4n) is 2.89. The minimum absolute atomic E-state index is 0.373. The van der Waals surface area contributed by atoms with Crippen LogP contribution in [0.5, 0.6) is 0 Å². The lowest BCUT2D eigenvalue weighted by atomic mass is 9.83. The molecular formula is C22H34N2. The van der Waals surface area contributed by atoms with Crippen molar-refractivity contribution >= 4 is 5.70 Å². The number of fused-ring (bicyclic) bond motifs is 1. The van der Waals surface area contributed by atoms with Gasteiger partial charge in [-0.1, -0.05) is 84.2 Å². The van der Waals surface area contributed by atoms with Gasteiger partial charge in [-0.05, 0) is 23.5 Å². The van der Waals surface area contributed by atoms with E-state index in [1.54, 1.807) is 0 Å². The van der Waals surface area contributed by atoms with E-state index in [0.717, 1.165) is 29.0 Å². The highest BCUT2D eigenvalue weighted by Crippen LogP contribution is 2.32.